The van der Waals surface area contributed by atoms with Crippen molar-refractivity contribution in [2.75, 3.05) is 0 Å². The lowest BCUT2D eigenvalue weighted by Crippen LogP contribution is -3.00. The number of halogens is 1. The van der Waals surface area contributed by atoms with Gasteiger partial charge in [-0.1, -0.05) is 74.9 Å². The molecule has 0 aromatic heterocycles. The first-order valence-electron chi connectivity index (χ1n) is 7.90. The van der Waals surface area contributed by atoms with Crippen LogP contribution >= 0.6 is 7.92 Å². The zero-order chi connectivity index (χ0) is 15.6. The van der Waals surface area contributed by atoms with E-state index >= 15 is 0 Å². The van der Waals surface area contributed by atoms with Gasteiger partial charge in [-0.25, -0.2) is 0 Å². The van der Waals surface area contributed by atoms with Crippen LogP contribution in [0.2, 0.25) is 0 Å². The minimum Gasteiger partial charge on any atom is -1.00 e. The predicted molar refractivity (Wildman–Crippen MR) is 103 cm³/mol. The maximum absolute atomic E-state index is 2.24. The van der Waals surface area contributed by atoms with Gasteiger partial charge in [0.25, 0.3) is 0 Å². The van der Waals surface area contributed by atoms with Crippen LogP contribution in [0.1, 0.15) is 20.3 Å². The van der Waals surface area contributed by atoms with Gasteiger partial charge in [-0.05, 0) is 36.4 Å². The minimum absolute atomic E-state index is 0. The van der Waals surface area contributed by atoms with Crippen LogP contribution < -0.4 is 32.9 Å². The summed E-state index contributed by atoms with van der Waals surface area (Å²) in [5.41, 5.74) is 0. The molecular formula is C21H24BrP. The molecule has 0 amide bonds. The van der Waals surface area contributed by atoms with Crippen molar-refractivity contribution in [3.63, 3.8) is 0 Å². The van der Waals surface area contributed by atoms with Gasteiger partial charge in [0, 0.05) is 0 Å². The van der Waals surface area contributed by atoms with Gasteiger partial charge in [0.15, 0.2) is 0 Å². The van der Waals surface area contributed by atoms with E-state index in [4.69, 9.17) is 0 Å². The van der Waals surface area contributed by atoms with E-state index < -0.39 is 7.92 Å². The highest BCUT2D eigenvalue weighted by molar-refractivity contribution is 7.79. The summed E-state index contributed by atoms with van der Waals surface area (Å²) in [4.78, 5) is 0. The molecule has 2 heteroatoms. The molecule has 3 aromatic carbocycles. The second kappa shape index (κ2) is 11.2. The molecular weight excluding hydrogens is 363 g/mol. The van der Waals surface area contributed by atoms with E-state index in [0.29, 0.717) is 0 Å². The Morgan fingerprint density at radius 1 is 0.522 bits per heavy atom. The van der Waals surface area contributed by atoms with E-state index in [0.717, 1.165) is 0 Å². The molecule has 0 fully saturated rings. The standard InChI is InChI=1S/C18H15P.C3H8.BrH/c1-4-10-16(11-5-1)19(17-12-6-2-7-13-17)18-14-8-3-9-15-18;1-3-2;/h1-15H;3H2,1-2H3;1H. The summed E-state index contributed by atoms with van der Waals surface area (Å²) in [6.07, 6.45) is 1.25. The van der Waals surface area contributed by atoms with Gasteiger partial charge >= 0.3 is 0 Å². The summed E-state index contributed by atoms with van der Waals surface area (Å²) < 4.78 is 0. The van der Waals surface area contributed by atoms with Crippen LogP contribution in [0.25, 0.3) is 0 Å². The molecule has 0 radical (unpaired) electrons. The van der Waals surface area contributed by atoms with Crippen LogP contribution in [-0.2, 0) is 0 Å². The van der Waals surface area contributed by atoms with Crippen molar-refractivity contribution >= 4 is 23.8 Å². The number of hydrogen-bond acceptors (Lipinski definition) is 0. The zero-order valence-corrected chi connectivity index (χ0v) is 16.3. The Balaban J connectivity index is 0.000000615. The maximum Gasteiger partial charge on any atom is 0.102 e. The molecule has 0 nitrogen and oxygen atoms in total. The first-order valence-corrected chi connectivity index (χ1v) is 9.40. The Kier molecular flexibility index (Phi) is 9.52. The average Bonchev–Trinajstić information content (AvgIpc) is 2.59. The molecule has 23 heavy (non-hydrogen) atoms. The normalized spacial score (nSPS) is 9.52. The Hall–Kier alpha value is -1.43. The molecule has 0 unspecified atom stereocenters. The average molecular weight is 387 g/mol. The number of hydrogen-bond donors (Lipinski definition) is 0. The van der Waals surface area contributed by atoms with E-state index in [1.165, 1.54) is 22.3 Å². The van der Waals surface area contributed by atoms with Crippen molar-refractivity contribution in [3.8, 4) is 0 Å². The van der Waals surface area contributed by atoms with Crippen LogP contribution in [0.3, 0.4) is 0 Å². The van der Waals surface area contributed by atoms with Crippen LogP contribution in [0, 0.1) is 0 Å². The lowest BCUT2D eigenvalue weighted by atomic mass is 10.4. The van der Waals surface area contributed by atoms with Crippen LogP contribution in [-0.4, -0.2) is 0 Å². The molecule has 0 heterocycles. The molecule has 120 valence electrons. The van der Waals surface area contributed by atoms with Gasteiger partial charge < -0.3 is 17.0 Å². The molecule has 0 spiro atoms. The first-order chi connectivity index (χ1) is 10.9. The third-order valence-corrected chi connectivity index (χ3v) is 5.92. The van der Waals surface area contributed by atoms with Crippen LogP contribution in [0.5, 0.6) is 0 Å². The van der Waals surface area contributed by atoms with Crippen molar-refractivity contribution in [2.45, 2.75) is 20.3 Å². The molecule has 0 saturated carbocycles. The summed E-state index contributed by atoms with van der Waals surface area (Å²) in [6, 6.07) is 32.5. The van der Waals surface area contributed by atoms with Gasteiger partial charge in [-0.15, -0.1) is 0 Å². The maximum atomic E-state index is 2.24. The van der Waals surface area contributed by atoms with E-state index in [1.54, 1.807) is 0 Å². The quantitative estimate of drug-likeness (QED) is 0.599. The van der Waals surface area contributed by atoms with Crippen molar-refractivity contribution in [2.24, 2.45) is 0 Å². The van der Waals surface area contributed by atoms with Gasteiger partial charge in [0.1, 0.15) is 15.9 Å². The monoisotopic (exact) mass is 386 g/mol. The number of benzene rings is 3. The fourth-order valence-corrected chi connectivity index (χ4v) is 4.89. The lowest BCUT2D eigenvalue weighted by Gasteiger charge is -2.10. The minimum atomic E-state index is -0.877. The molecule has 3 rings (SSSR count). The SMILES string of the molecule is CCC.[Br-].c1ccc([PH+](c2ccccc2)c2ccccc2)cc1. The van der Waals surface area contributed by atoms with Gasteiger partial charge in [-0.2, -0.15) is 0 Å². The largest absolute Gasteiger partial charge is 1.00 e. The molecule has 0 atom stereocenters. The molecule has 0 N–H and O–H groups in total. The van der Waals surface area contributed by atoms with Crippen LogP contribution in [0.15, 0.2) is 91.0 Å². The Labute approximate surface area is 152 Å². The Bertz CT molecular complexity index is 545. The smallest absolute Gasteiger partial charge is 0.102 e. The third-order valence-electron chi connectivity index (χ3n) is 3.19. The van der Waals surface area contributed by atoms with Crippen LogP contribution in [0.4, 0.5) is 0 Å². The summed E-state index contributed by atoms with van der Waals surface area (Å²) in [5, 5.41) is 4.31. The highest BCUT2D eigenvalue weighted by atomic mass is 79.9. The molecule has 3 aromatic rings. The van der Waals surface area contributed by atoms with Gasteiger partial charge in [0.2, 0.25) is 0 Å². The lowest BCUT2D eigenvalue weighted by molar-refractivity contribution is -0.00000439. The van der Waals surface area contributed by atoms with E-state index in [1.807, 2.05) is 0 Å². The third kappa shape index (κ3) is 5.94. The molecule has 0 bridgehead atoms. The Morgan fingerprint density at radius 3 is 0.957 bits per heavy atom. The fraction of sp³-hybridized carbons (Fsp3) is 0.143. The van der Waals surface area contributed by atoms with E-state index in [9.17, 15) is 0 Å². The molecule has 0 aliphatic heterocycles. The van der Waals surface area contributed by atoms with E-state index in [-0.39, 0.29) is 17.0 Å². The number of rotatable bonds is 3. The molecule has 0 aliphatic carbocycles. The summed E-state index contributed by atoms with van der Waals surface area (Å²) in [7, 11) is -0.877. The summed E-state index contributed by atoms with van der Waals surface area (Å²) in [6.45, 7) is 4.25. The van der Waals surface area contributed by atoms with Crippen molar-refractivity contribution < 1.29 is 17.0 Å². The van der Waals surface area contributed by atoms with Gasteiger partial charge in [-0.3, -0.25) is 0 Å². The van der Waals surface area contributed by atoms with Crippen molar-refractivity contribution in [1.29, 1.82) is 0 Å². The summed E-state index contributed by atoms with van der Waals surface area (Å²) >= 11 is 0. The fourth-order valence-electron chi connectivity index (χ4n) is 2.31. The van der Waals surface area contributed by atoms with Crippen molar-refractivity contribution in [1.82, 2.24) is 0 Å². The van der Waals surface area contributed by atoms with E-state index in [2.05, 4.69) is 105 Å². The highest BCUT2D eigenvalue weighted by Gasteiger charge is 2.24. The molecule has 0 aliphatic rings. The Morgan fingerprint density at radius 2 is 0.739 bits per heavy atom. The first kappa shape index (κ1) is 19.6. The van der Waals surface area contributed by atoms with Crippen molar-refractivity contribution in [3.05, 3.63) is 91.0 Å². The second-order valence-corrected chi connectivity index (χ2v) is 7.66. The summed E-state index contributed by atoms with van der Waals surface area (Å²) in [5.74, 6) is 0. The van der Waals surface area contributed by atoms with Gasteiger partial charge in [0.05, 0.1) is 7.92 Å². The predicted octanol–water partition coefficient (Wildman–Crippen LogP) is 1.60. The highest BCUT2D eigenvalue weighted by Crippen LogP contribution is 2.32. The zero-order valence-electron chi connectivity index (χ0n) is 13.7. The second-order valence-electron chi connectivity index (χ2n) is 5.18. The molecule has 0 saturated heterocycles. The topological polar surface area (TPSA) is 0 Å².